The van der Waals surface area contributed by atoms with Crippen LogP contribution in [0, 0.1) is 13.8 Å². The summed E-state index contributed by atoms with van der Waals surface area (Å²) >= 11 is 1.45. The summed E-state index contributed by atoms with van der Waals surface area (Å²) in [6.45, 7) is 5.03. The molecule has 1 aromatic heterocycles. The van der Waals surface area contributed by atoms with E-state index in [-0.39, 0.29) is 5.69 Å². The number of nitrogens with one attached hydrogen (secondary N) is 1. The summed E-state index contributed by atoms with van der Waals surface area (Å²) in [4.78, 5) is 25.9. The third-order valence-electron chi connectivity index (χ3n) is 3.39. The van der Waals surface area contributed by atoms with Crippen molar-refractivity contribution in [1.29, 1.82) is 0 Å². The highest BCUT2D eigenvalue weighted by Gasteiger charge is 2.30. The fourth-order valence-electron chi connectivity index (χ4n) is 2.10. The van der Waals surface area contributed by atoms with Crippen molar-refractivity contribution in [2.45, 2.75) is 33.1 Å². The third-order valence-corrected chi connectivity index (χ3v) is 4.36. The molecule has 0 unspecified atom stereocenters. The van der Waals surface area contributed by atoms with Crippen molar-refractivity contribution in [2.24, 2.45) is 0 Å². The minimum atomic E-state index is -4.44. The number of thiophene rings is 1. The molecule has 0 aliphatic rings. The number of aryl methyl sites for hydroxylation is 2. The summed E-state index contributed by atoms with van der Waals surface area (Å²) in [5, 5.41) is 2.42. The molecule has 2 rings (SSSR count). The molecular weight excluding hydrogens is 355 g/mol. The number of amides is 1. The Hall–Kier alpha value is -2.35. The maximum atomic E-state index is 12.5. The van der Waals surface area contributed by atoms with Crippen LogP contribution >= 0.6 is 11.3 Å². The van der Waals surface area contributed by atoms with Crippen LogP contribution in [0.15, 0.2) is 30.3 Å². The zero-order chi connectivity index (χ0) is 18.8. The van der Waals surface area contributed by atoms with Crippen LogP contribution in [-0.4, -0.2) is 18.0 Å². The Morgan fingerprint density at radius 1 is 1.16 bits per heavy atom. The highest BCUT2D eigenvalue weighted by atomic mass is 32.1. The second-order valence-electron chi connectivity index (χ2n) is 5.44. The lowest BCUT2D eigenvalue weighted by atomic mass is 10.2. The van der Waals surface area contributed by atoms with Crippen molar-refractivity contribution in [3.8, 4) is 0 Å². The number of ether oxygens (including phenoxy) is 1. The molecular formula is C17H16F3NO3S. The van der Waals surface area contributed by atoms with Crippen molar-refractivity contribution >= 4 is 28.9 Å². The zero-order valence-electron chi connectivity index (χ0n) is 13.7. The summed E-state index contributed by atoms with van der Waals surface area (Å²) in [7, 11) is 0. The van der Waals surface area contributed by atoms with E-state index < -0.39 is 29.7 Å². The minimum Gasteiger partial charge on any atom is -0.449 e. The molecule has 1 amide bonds. The maximum absolute atomic E-state index is 12.5. The number of esters is 1. The van der Waals surface area contributed by atoms with Crippen molar-refractivity contribution in [2.75, 3.05) is 5.32 Å². The number of benzene rings is 1. The Morgan fingerprint density at radius 2 is 1.76 bits per heavy atom. The van der Waals surface area contributed by atoms with Crippen LogP contribution in [0.5, 0.6) is 0 Å². The molecule has 0 fully saturated rings. The van der Waals surface area contributed by atoms with Gasteiger partial charge in [0.05, 0.1) is 11.1 Å². The van der Waals surface area contributed by atoms with Crippen LogP contribution in [0.25, 0.3) is 0 Å². The van der Waals surface area contributed by atoms with Gasteiger partial charge in [-0.2, -0.15) is 13.2 Å². The summed E-state index contributed by atoms with van der Waals surface area (Å²) in [6.07, 6.45) is -5.53. The van der Waals surface area contributed by atoms with E-state index in [4.69, 9.17) is 4.74 Å². The summed E-state index contributed by atoms with van der Waals surface area (Å²) < 4.78 is 42.6. The lowest BCUT2D eigenvalue weighted by Crippen LogP contribution is -2.30. The van der Waals surface area contributed by atoms with Gasteiger partial charge in [0.15, 0.2) is 6.10 Å². The van der Waals surface area contributed by atoms with Gasteiger partial charge in [0.25, 0.3) is 5.91 Å². The standard InChI is InChI=1S/C17H16F3NO3S/c1-9-8-14(11(3)25-9)16(23)24-10(2)15(22)21-13-6-4-12(5-7-13)17(18,19)20/h4-8,10H,1-3H3,(H,21,22)/t10-/m0/s1. The van der Waals surface area contributed by atoms with Gasteiger partial charge in [-0.15, -0.1) is 11.3 Å². The topological polar surface area (TPSA) is 55.4 Å². The Kier molecular flexibility index (Phi) is 5.52. The van der Waals surface area contributed by atoms with Crippen molar-refractivity contribution in [3.63, 3.8) is 0 Å². The number of hydrogen-bond acceptors (Lipinski definition) is 4. The van der Waals surface area contributed by atoms with Gasteiger partial charge < -0.3 is 10.1 Å². The molecule has 1 N–H and O–H groups in total. The lowest BCUT2D eigenvalue weighted by molar-refractivity contribution is -0.137. The van der Waals surface area contributed by atoms with Crippen LogP contribution in [0.2, 0.25) is 0 Å². The largest absolute Gasteiger partial charge is 0.449 e. The monoisotopic (exact) mass is 371 g/mol. The number of rotatable bonds is 4. The van der Waals surface area contributed by atoms with Gasteiger partial charge in [0.2, 0.25) is 0 Å². The molecule has 25 heavy (non-hydrogen) atoms. The number of alkyl halides is 3. The van der Waals surface area contributed by atoms with E-state index in [0.29, 0.717) is 5.56 Å². The Bertz CT molecular complexity index is 781. The first kappa shape index (κ1) is 19.0. The Morgan fingerprint density at radius 3 is 2.24 bits per heavy atom. The predicted molar refractivity (Wildman–Crippen MR) is 88.7 cm³/mol. The average Bonchev–Trinajstić information content (AvgIpc) is 2.85. The fraction of sp³-hybridized carbons (Fsp3) is 0.294. The van der Waals surface area contributed by atoms with Crippen LogP contribution < -0.4 is 5.32 Å². The first-order chi connectivity index (χ1) is 11.6. The molecule has 0 spiro atoms. The van der Waals surface area contributed by atoms with Crippen LogP contribution in [-0.2, 0) is 15.7 Å². The quantitative estimate of drug-likeness (QED) is 0.801. The first-order valence-electron chi connectivity index (χ1n) is 7.34. The second-order valence-corrected chi connectivity index (χ2v) is 6.90. The van der Waals surface area contributed by atoms with Crippen LogP contribution in [0.4, 0.5) is 18.9 Å². The van der Waals surface area contributed by atoms with Gasteiger partial charge in [-0.1, -0.05) is 0 Å². The van der Waals surface area contributed by atoms with Gasteiger partial charge in [0, 0.05) is 15.4 Å². The highest BCUT2D eigenvalue weighted by Crippen LogP contribution is 2.29. The van der Waals surface area contributed by atoms with Crippen molar-refractivity contribution in [1.82, 2.24) is 0 Å². The summed E-state index contributed by atoms with van der Waals surface area (Å²) in [6, 6.07) is 5.69. The van der Waals surface area contributed by atoms with Gasteiger partial charge in [-0.05, 0) is 51.1 Å². The van der Waals surface area contributed by atoms with Crippen LogP contribution in [0.3, 0.4) is 0 Å². The van der Waals surface area contributed by atoms with Gasteiger partial charge in [-0.25, -0.2) is 4.79 Å². The van der Waals surface area contributed by atoms with E-state index >= 15 is 0 Å². The van der Waals surface area contributed by atoms with E-state index in [0.717, 1.165) is 34.0 Å². The molecule has 0 aliphatic heterocycles. The molecule has 8 heteroatoms. The molecule has 0 saturated carbocycles. The van der Waals surface area contributed by atoms with Crippen molar-refractivity contribution < 1.29 is 27.5 Å². The van der Waals surface area contributed by atoms with E-state index in [1.807, 2.05) is 6.92 Å². The maximum Gasteiger partial charge on any atom is 0.416 e. The second kappa shape index (κ2) is 7.26. The number of halogens is 3. The molecule has 2 aromatic rings. The number of carbonyl (C=O) groups is 2. The first-order valence-corrected chi connectivity index (χ1v) is 8.15. The zero-order valence-corrected chi connectivity index (χ0v) is 14.5. The van der Waals surface area contributed by atoms with Gasteiger partial charge in [-0.3, -0.25) is 4.79 Å². The molecule has 1 heterocycles. The highest BCUT2D eigenvalue weighted by molar-refractivity contribution is 7.12. The molecule has 0 radical (unpaired) electrons. The van der Waals surface area contributed by atoms with Crippen molar-refractivity contribution in [3.05, 3.63) is 51.2 Å². The number of anilines is 1. The minimum absolute atomic E-state index is 0.184. The summed E-state index contributed by atoms with van der Waals surface area (Å²) in [5.41, 5.74) is -0.228. The van der Waals surface area contributed by atoms with E-state index in [2.05, 4.69) is 5.32 Å². The van der Waals surface area contributed by atoms with Crippen LogP contribution in [0.1, 0.15) is 32.6 Å². The Balaban J connectivity index is 1.98. The number of carbonyl (C=O) groups excluding carboxylic acids is 2. The lowest BCUT2D eigenvalue weighted by Gasteiger charge is -2.14. The fourth-order valence-corrected chi connectivity index (χ4v) is 3.01. The third kappa shape index (κ3) is 4.82. The Labute approximate surface area is 146 Å². The molecule has 0 aliphatic carbocycles. The van der Waals surface area contributed by atoms with E-state index in [1.165, 1.54) is 18.3 Å². The van der Waals surface area contributed by atoms with E-state index in [9.17, 15) is 22.8 Å². The molecule has 0 saturated heterocycles. The molecule has 4 nitrogen and oxygen atoms in total. The SMILES string of the molecule is Cc1cc(C(=O)O[C@@H](C)C(=O)Nc2ccc(C(F)(F)F)cc2)c(C)s1. The molecule has 134 valence electrons. The van der Waals surface area contributed by atoms with E-state index in [1.54, 1.807) is 13.0 Å². The molecule has 1 aromatic carbocycles. The predicted octanol–water partition coefficient (Wildman–Crippen LogP) is 4.57. The summed E-state index contributed by atoms with van der Waals surface area (Å²) in [5.74, 6) is -1.24. The normalized spacial score (nSPS) is 12.6. The molecule has 1 atom stereocenters. The number of hydrogen-bond donors (Lipinski definition) is 1. The van der Waals surface area contributed by atoms with Gasteiger partial charge >= 0.3 is 12.1 Å². The average molecular weight is 371 g/mol. The van der Waals surface area contributed by atoms with Gasteiger partial charge in [0.1, 0.15) is 0 Å². The molecule has 0 bridgehead atoms. The smallest absolute Gasteiger partial charge is 0.416 e.